The summed E-state index contributed by atoms with van der Waals surface area (Å²) in [6.07, 6.45) is 0. The average Bonchev–Trinajstić information content (AvgIpc) is 3.30. The molecule has 4 aromatic carbocycles. The van der Waals surface area contributed by atoms with Crippen molar-refractivity contribution in [1.29, 1.82) is 0 Å². The number of aryl methyl sites for hydroxylation is 3. The number of nitrogens with one attached hydrogen (secondary N) is 1. The Kier molecular flexibility index (Phi) is 5.79. The number of anilines is 2. The van der Waals surface area contributed by atoms with E-state index in [-0.39, 0.29) is 6.04 Å². The van der Waals surface area contributed by atoms with Gasteiger partial charge in [-0.1, -0.05) is 66.2 Å². The fourth-order valence-corrected chi connectivity index (χ4v) is 5.74. The monoisotopic (exact) mass is 542 g/mol. The zero-order valence-corrected chi connectivity index (χ0v) is 23.2. The van der Waals surface area contributed by atoms with Crippen molar-refractivity contribution < 1.29 is 0 Å². The summed E-state index contributed by atoms with van der Waals surface area (Å²) in [5, 5.41) is 9.32. The lowest BCUT2D eigenvalue weighted by Crippen LogP contribution is -2.46. The second-order valence-electron chi connectivity index (χ2n) is 10.2. The van der Waals surface area contributed by atoms with Crippen LogP contribution in [-0.4, -0.2) is 21.5 Å². The van der Waals surface area contributed by atoms with Crippen molar-refractivity contribution in [2.24, 2.45) is 9.98 Å². The summed E-state index contributed by atoms with van der Waals surface area (Å²) in [4.78, 5) is 12.7. The highest BCUT2D eigenvalue weighted by atomic mass is 35.5. The van der Waals surface area contributed by atoms with Crippen LogP contribution in [0.1, 0.15) is 34.0 Å². The predicted molar refractivity (Wildman–Crippen MR) is 164 cm³/mol. The van der Waals surface area contributed by atoms with Crippen molar-refractivity contribution in [3.8, 4) is 5.69 Å². The van der Waals surface area contributed by atoms with Crippen LogP contribution in [-0.2, 0) is 0 Å². The summed E-state index contributed by atoms with van der Waals surface area (Å²) in [5.74, 6) is 2.20. The van der Waals surface area contributed by atoms with Gasteiger partial charge in [0, 0.05) is 16.3 Å². The van der Waals surface area contributed by atoms with E-state index in [1.165, 1.54) is 5.56 Å². The molecule has 7 heteroatoms. The normalized spacial score (nSPS) is 15.5. The maximum atomic E-state index is 6.57. The van der Waals surface area contributed by atoms with E-state index in [0.29, 0.717) is 10.9 Å². The molecule has 196 valence electrons. The molecule has 3 heterocycles. The van der Waals surface area contributed by atoms with E-state index in [1.807, 2.05) is 71.4 Å². The first-order valence-corrected chi connectivity index (χ1v) is 13.7. The second-order valence-corrected chi connectivity index (χ2v) is 10.7. The predicted octanol–water partition coefficient (Wildman–Crippen LogP) is 8.25. The number of hydrogen-bond donors (Lipinski definition) is 1. The molecule has 0 radical (unpaired) electrons. The van der Waals surface area contributed by atoms with E-state index in [9.17, 15) is 0 Å². The van der Waals surface area contributed by atoms with Crippen LogP contribution in [0, 0.1) is 20.8 Å². The molecule has 0 saturated heterocycles. The number of amidine groups is 2. The quantitative estimate of drug-likeness (QED) is 0.250. The molecule has 5 aromatic rings. The minimum absolute atomic E-state index is 0.217. The topological polar surface area (TPSA) is 57.8 Å². The van der Waals surface area contributed by atoms with Crippen LogP contribution in [0.15, 0.2) is 107 Å². The molecular formula is C33H27ClN6. The molecule has 1 atom stereocenters. The third-order valence-corrected chi connectivity index (χ3v) is 7.68. The zero-order chi connectivity index (χ0) is 27.4. The molecule has 2 aliphatic rings. The zero-order valence-electron chi connectivity index (χ0n) is 22.4. The molecule has 0 bridgehead atoms. The first-order chi connectivity index (χ1) is 19.5. The Hall–Kier alpha value is -4.68. The van der Waals surface area contributed by atoms with Crippen LogP contribution in [0.5, 0.6) is 0 Å². The maximum Gasteiger partial charge on any atom is 0.179 e. The molecule has 0 aliphatic carbocycles. The summed E-state index contributed by atoms with van der Waals surface area (Å²) >= 11 is 6.57. The number of para-hydroxylation sites is 3. The molecule has 40 heavy (non-hydrogen) atoms. The number of nitrogens with zero attached hydrogens (tertiary/aromatic N) is 5. The van der Waals surface area contributed by atoms with Crippen molar-refractivity contribution in [3.05, 3.63) is 130 Å². The highest BCUT2D eigenvalue weighted by Crippen LogP contribution is 2.48. The number of aromatic nitrogens is 2. The Bertz CT molecular complexity index is 1840. The molecule has 7 rings (SSSR count). The molecule has 0 spiro atoms. The lowest BCUT2D eigenvalue weighted by atomic mass is 9.93. The molecule has 0 fully saturated rings. The largest absolute Gasteiger partial charge is 0.337 e. The molecule has 1 aromatic heterocycles. The van der Waals surface area contributed by atoms with Crippen molar-refractivity contribution in [2.45, 2.75) is 26.8 Å². The Morgan fingerprint density at radius 1 is 0.800 bits per heavy atom. The minimum atomic E-state index is -0.217. The third kappa shape index (κ3) is 4.00. The van der Waals surface area contributed by atoms with E-state index >= 15 is 0 Å². The average molecular weight is 543 g/mol. The summed E-state index contributed by atoms with van der Waals surface area (Å²) in [7, 11) is 0. The summed E-state index contributed by atoms with van der Waals surface area (Å²) in [5.41, 5.74) is 9.11. The van der Waals surface area contributed by atoms with Gasteiger partial charge in [-0.25, -0.2) is 14.7 Å². The van der Waals surface area contributed by atoms with Gasteiger partial charge in [0.15, 0.2) is 17.5 Å². The third-order valence-electron chi connectivity index (χ3n) is 7.45. The first-order valence-electron chi connectivity index (χ1n) is 13.3. The van der Waals surface area contributed by atoms with E-state index in [1.54, 1.807) is 0 Å². The van der Waals surface area contributed by atoms with Gasteiger partial charge in [-0.3, -0.25) is 0 Å². The van der Waals surface area contributed by atoms with Gasteiger partial charge >= 0.3 is 0 Å². The molecule has 1 N–H and O–H groups in total. The standard InChI is InChI=1S/C33H27ClN6/c1-20-16-17-21(2)27(18-20)36-31-33-37-32-29(22(3)38-40(32)25-12-5-4-6-13-25)30(23-10-9-11-24(34)19-23)39(33)28-15-8-7-14-26(28)35-31/h4-19,30H,1-3H3,(H,35,36). The minimum Gasteiger partial charge on any atom is -0.337 e. The highest BCUT2D eigenvalue weighted by Gasteiger charge is 2.41. The number of hydrogen-bond acceptors (Lipinski definition) is 5. The van der Waals surface area contributed by atoms with E-state index in [0.717, 1.165) is 56.8 Å². The van der Waals surface area contributed by atoms with Gasteiger partial charge in [-0.2, -0.15) is 5.10 Å². The molecule has 2 aliphatic heterocycles. The smallest absolute Gasteiger partial charge is 0.179 e. The molecule has 0 amide bonds. The van der Waals surface area contributed by atoms with Crippen LogP contribution < -0.4 is 10.2 Å². The van der Waals surface area contributed by atoms with Crippen molar-refractivity contribution >= 4 is 46.2 Å². The van der Waals surface area contributed by atoms with Gasteiger partial charge in [0.2, 0.25) is 0 Å². The van der Waals surface area contributed by atoms with Gasteiger partial charge in [0.1, 0.15) is 0 Å². The highest BCUT2D eigenvalue weighted by molar-refractivity contribution is 6.51. The number of aliphatic imine (C=N–C) groups is 2. The summed E-state index contributed by atoms with van der Waals surface area (Å²) in [6, 6.07) is 32.6. The fourth-order valence-electron chi connectivity index (χ4n) is 5.54. The number of rotatable bonds is 3. The number of benzene rings is 4. The molecular weight excluding hydrogens is 516 g/mol. The lowest BCUT2D eigenvalue weighted by molar-refractivity contribution is 0.815. The van der Waals surface area contributed by atoms with E-state index in [2.05, 4.69) is 61.3 Å². The number of fused-ring (bicyclic) bond motifs is 4. The van der Waals surface area contributed by atoms with Crippen LogP contribution in [0.2, 0.25) is 5.02 Å². The van der Waals surface area contributed by atoms with Crippen LogP contribution in [0.3, 0.4) is 0 Å². The van der Waals surface area contributed by atoms with Crippen LogP contribution in [0.4, 0.5) is 22.9 Å². The Labute approximate surface area is 238 Å². The fraction of sp³-hybridized carbons (Fsp3) is 0.121. The van der Waals surface area contributed by atoms with Crippen molar-refractivity contribution in [2.75, 3.05) is 10.2 Å². The first kappa shape index (κ1) is 24.4. The Morgan fingerprint density at radius 3 is 2.42 bits per heavy atom. The molecule has 6 nitrogen and oxygen atoms in total. The summed E-state index contributed by atoms with van der Waals surface area (Å²) in [6.45, 7) is 6.24. The second kappa shape index (κ2) is 9.50. The maximum absolute atomic E-state index is 6.57. The van der Waals surface area contributed by atoms with Crippen LogP contribution in [0.25, 0.3) is 5.69 Å². The van der Waals surface area contributed by atoms with E-state index < -0.39 is 0 Å². The van der Waals surface area contributed by atoms with Gasteiger partial charge in [-0.05, 0) is 79.9 Å². The number of halogens is 1. The van der Waals surface area contributed by atoms with Crippen molar-refractivity contribution in [3.63, 3.8) is 0 Å². The van der Waals surface area contributed by atoms with Crippen LogP contribution >= 0.6 is 11.6 Å². The van der Waals surface area contributed by atoms with Gasteiger partial charge in [0.05, 0.1) is 28.8 Å². The van der Waals surface area contributed by atoms with Gasteiger partial charge in [0.25, 0.3) is 0 Å². The lowest BCUT2D eigenvalue weighted by Gasteiger charge is -2.40. The van der Waals surface area contributed by atoms with Gasteiger partial charge < -0.3 is 10.2 Å². The van der Waals surface area contributed by atoms with E-state index in [4.69, 9.17) is 26.7 Å². The Balaban J connectivity index is 1.51. The SMILES string of the molecule is Cc1ccc(C)c(NC2=Nc3ccccc3N3C2=Nc2c(c(C)nn2-c2ccccc2)C3c2cccc(Cl)c2)c1. The molecule has 0 saturated carbocycles. The Morgan fingerprint density at radius 2 is 1.60 bits per heavy atom. The van der Waals surface area contributed by atoms with Gasteiger partial charge in [-0.15, -0.1) is 0 Å². The van der Waals surface area contributed by atoms with Crippen molar-refractivity contribution in [1.82, 2.24) is 9.78 Å². The molecule has 1 unspecified atom stereocenters. The summed E-state index contributed by atoms with van der Waals surface area (Å²) < 4.78 is 1.93.